The molecule has 5 nitrogen and oxygen atoms in total. The predicted octanol–water partition coefficient (Wildman–Crippen LogP) is 2.94. The zero-order valence-electron chi connectivity index (χ0n) is 14.5. The first-order valence-corrected chi connectivity index (χ1v) is 8.18. The van der Waals surface area contributed by atoms with Crippen LogP contribution in [0.5, 0.6) is 0 Å². The number of nitrogens with zero attached hydrogens (tertiary/aromatic N) is 1. The van der Waals surface area contributed by atoms with E-state index in [-0.39, 0.29) is 11.9 Å². The lowest BCUT2D eigenvalue weighted by Crippen LogP contribution is -2.17. The summed E-state index contributed by atoms with van der Waals surface area (Å²) < 4.78 is 5.18. The maximum absolute atomic E-state index is 11.7. The number of ether oxygens (including phenoxy) is 1. The lowest BCUT2D eigenvalue weighted by atomic mass is 10.1. The van der Waals surface area contributed by atoms with Crippen LogP contribution >= 0.6 is 0 Å². The molecular formula is C20H22N2O3. The third-order valence-electron chi connectivity index (χ3n) is 3.58. The summed E-state index contributed by atoms with van der Waals surface area (Å²) in [6.45, 7) is 2.31. The summed E-state index contributed by atoms with van der Waals surface area (Å²) in [5, 5.41) is 2.56. The first kappa shape index (κ1) is 18.4. The molecule has 0 aliphatic heterocycles. The standard InChI is InChI=1S/C20H22N2O3/c1-15-5-3-6-18(22-15)7-4-14-25-19(23)13-10-16-8-11-17(12-9-16)20(24)21-2/h3,5-6,8-13H,4,7,14H2,1-2H3,(H,21,24)/b13-10+. The van der Waals surface area contributed by atoms with Crippen molar-refractivity contribution in [3.05, 3.63) is 71.1 Å². The van der Waals surface area contributed by atoms with Crippen molar-refractivity contribution in [2.75, 3.05) is 13.7 Å². The molecule has 1 aromatic heterocycles. The molecular weight excluding hydrogens is 316 g/mol. The Morgan fingerprint density at radius 3 is 2.60 bits per heavy atom. The minimum atomic E-state index is -0.382. The molecule has 1 N–H and O–H groups in total. The van der Waals surface area contributed by atoms with Crippen molar-refractivity contribution in [3.63, 3.8) is 0 Å². The number of aromatic nitrogens is 1. The topological polar surface area (TPSA) is 68.3 Å². The lowest BCUT2D eigenvalue weighted by molar-refractivity contribution is -0.137. The van der Waals surface area contributed by atoms with E-state index in [0.29, 0.717) is 12.2 Å². The van der Waals surface area contributed by atoms with Crippen LogP contribution in [0.3, 0.4) is 0 Å². The van der Waals surface area contributed by atoms with E-state index in [2.05, 4.69) is 10.3 Å². The van der Waals surface area contributed by atoms with Crippen LogP contribution in [0.2, 0.25) is 0 Å². The summed E-state index contributed by atoms with van der Waals surface area (Å²) in [7, 11) is 1.58. The molecule has 1 aromatic carbocycles. The van der Waals surface area contributed by atoms with E-state index >= 15 is 0 Å². The highest BCUT2D eigenvalue weighted by Gasteiger charge is 2.02. The van der Waals surface area contributed by atoms with Gasteiger partial charge in [-0.15, -0.1) is 0 Å². The number of pyridine rings is 1. The number of benzene rings is 1. The van der Waals surface area contributed by atoms with Gasteiger partial charge < -0.3 is 10.1 Å². The van der Waals surface area contributed by atoms with E-state index in [1.165, 1.54) is 6.08 Å². The van der Waals surface area contributed by atoms with Crippen molar-refractivity contribution >= 4 is 18.0 Å². The average Bonchev–Trinajstić information content (AvgIpc) is 2.63. The molecule has 0 aliphatic rings. The SMILES string of the molecule is CNC(=O)c1ccc(/C=C/C(=O)OCCCc2cccc(C)n2)cc1. The summed E-state index contributed by atoms with van der Waals surface area (Å²) in [6.07, 6.45) is 4.56. The maximum Gasteiger partial charge on any atom is 0.330 e. The smallest absolute Gasteiger partial charge is 0.330 e. The second-order valence-corrected chi connectivity index (χ2v) is 5.58. The van der Waals surface area contributed by atoms with Gasteiger partial charge in [0.05, 0.1) is 6.61 Å². The van der Waals surface area contributed by atoms with Crippen LogP contribution in [0.25, 0.3) is 6.08 Å². The van der Waals surface area contributed by atoms with Gasteiger partial charge >= 0.3 is 5.97 Å². The number of amides is 1. The molecule has 0 unspecified atom stereocenters. The minimum absolute atomic E-state index is 0.141. The highest BCUT2D eigenvalue weighted by Crippen LogP contribution is 2.07. The first-order valence-electron chi connectivity index (χ1n) is 8.18. The molecule has 0 spiro atoms. The highest BCUT2D eigenvalue weighted by molar-refractivity contribution is 5.94. The fourth-order valence-corrected chi connectivity index (χ4v) is 2.27. The molecule has 0 fully saturated rings. The second kappa shape index (κ2) is 9.37. The van der Waals surface area contributed by atoms with Crippen LogP contribution in [0.15, 0.2) is 48.5 Å². The summed E-state index contributed by atoms with van der Waals surface area (Å²) >= 11 is 0. The van der Waals surface area contributed by atoms with Crippen LogP contribution in [0.4, 0.5) is 0 Å². The Labute approximate surface area is 147 Å². The Kier molecular flexibility index (Phi) is 6.89. The van der Waals surface area contributed by atoms with Crippen LogP contribution in [-0.4, -0.2) is 30.5 Å². The lowest BCUT2D eigenvalue weighted by Gasteiger charge is -2.03. The Morgan fingerprint density at radius 2 is 1.92 bits per heavy atom. The molecule has 25 heavy (non-hydrogen) atoms. The van der Waals surface area contributed by atoms with E-state index in [0.717, 1.165) is 29.8 Å². The average molecular weight is 338 g/mol. The van der Waals surface area contributed by atoms with Gasteiger partial charge in [0.25, 0.3) is 5.91 Å². The summed E-state index contributed by atoms with van der Waals surface area (Å²) in [4.78, 5) is 27.6. The maximum atomic E-state index is 11.7. The van der Waals surface area contributed by atoms with Gasteiger partial charge in [0.1, 0.15) is 0 Å². The number of carbonyl (C=O) groups excluding carboxylic acids is 2. The Balaban J connectivity index is 1.74. The van der Waals surface area contributed by atoms with Crippen molar-refractivity contribution in [2.24, 2.45) is 0 Å². The first-order chi connectivity index (χ1) is 12.1. The number of aryl methyl sites for hydroxylation is 2. The second-order valence-electron chi connectivity index (χ2n) is 5.58. The number of hydrogen-bond acceptors (Lipinski definition) is 4. The van der Waals surface area contributed by atoms with Crippen LogP contribution in [0, 0.1) is 6.92 Å². The van der Waals surface area contributed by atoms with E-state index in [9.17, 15) is 9.59 Å². The van der Waals surface area contributed by atoms with E-state index in [4.69, 9.17) is 4.74 Å². The van der Waals surface area contributed by atoms with Crippen LogP contribution < -0.4 is 5.32 Å². The van der Waals surface area contributed by atoms with Crippen molar-refractivity contribution in [2.45, 2.75) is 19.8 Å². The van der Waals surface area contributed by atoms with E-state index in [1.54, 1.807) is 37.4 Å². The predicted molar refractivity (Wildman–Crippen MR) is 97.1 cm³/mol. The highest BCUT2D eigenvalue weighted by atomic mass is 16.5. The molecule has 5 heteroatoms. The van der Waals surface area contributed by atoms with Crippen molar-refractivity contribution in [1.29, 1.82) is 0 Å². The Hall–Kier alpha value is -2.95. The van der Waals surface area contributed by atoms with Crippen molar-refractivity contribution in [3.8, 4) is 0 Å². The van der Waals surface area contributed by atoms with Gasteiger partial charge in [0.2, 0.25) is 0 Å². The van der Waals surface area contributed by atoms with Gasteiger partial charge in [0.15, 0.2) is 0 Å². The van der Waals surface area contributed by atoms with Crippen LogP contribution in [-0.2, 0) is 16.0 Å². The fraction of sp³-hybridized carbons (Fsp3) is 0.250. The minimum Gasteiger partial charge on any atom is -0.463 e. The fourth-order valence-electron chi connectivity index (χ4n) is 2.27. The number of hydrogen-bond donors (Lipinski definition) is 1. The largest absolute Gasteiger partial charge is 0.463 e. The third kappa shape index (κ3) is 6.22. The van der Waals surface area contributed by atoms with Crippen molar-refractivity contribution in [1.82, 2.24) is 10.3 Å². The number of esters is 1. The molecule has 0 atom stereocenters. The molecule has 0 aliphatic carbocycles. The normalized spacial score (nSPS) is 10.6. The molecule has 130 valence electrons. The quantitative estimate of drug-likeness (QED) is 0.479. The third-order valence-corrected chi connectivity index (χ3v) is 3.58. The van der Waals surface area contributed by atoms with Crippen LogP contribution in [0.1, 0.15) is 33.7 Å². The molecule has 1 amide bonds. The molecule has 0 saturated heterocycles. The van der Waals surface area contributed by atoms with E-state index < -0.39 is 0 Å². The number of rotatable bonds is 7. The van der Waals surface area contributed by atoms with E-state index in [1.807, 2.05) is 25.1 Å². The summed E-state index contributed by atoms with van der Waals surface area (Å²) in [5.74, 6) is -0.523. The molecule has 0 saturated carbocycles. The Morgan fingerprint density at radius 1 is 1.16 bits per heavy atom. The Bertz CT molecular complexity index is 752. The van der Waals surface area contributed by atoms with Gasteiger partial charge in [-0.3, -0.25) is 9.78 Å². The van der Waals surface area contributed by atoms with Gasteiger partial charge in [-0.05, 0) is 55.7 Å². The zero-order valence-corrected chi connectivity index (χ0v) is 14.5. The van der Waals surface area contributed by atoms with Gasteiger partial charge in [-0.1, -0.05) is 18.2 Å². The van der Waals surface area contributed by atoms with Gasteiger partial charge in [-0.2, -0.15) is 0 Å². The van der Waals surface area contributed by atoms with Gasteiger partial charge in [-0.25, -0.2) is 4.79 Å². The zero-order chi connectivity index (χ0) is 18.1. The molecule has 0 radical (unpaired) electrons. The summed E-state index contributed by atoms with van der Waals surface area (Å²) in [5.41, 5.74) is 3.39. The monoisotopic (exact) mass is 338 g/mol. The molecule has 0 bridgehead atoms. The van der Waals surface area contributed by atoms with Gasteiger partial charge in [0, 0.05) is 30.1 Å². The molecule has 2 rings (SSSR count). The number of carbonyl (C=O) groups is 2. The summed E-state index contributed by atoms with van der Waals surface area (Å²) in [6, 6.07) is 12.9. The van der Waals surface area contributed by atoms with Crippen molar-refractivity contribution < 1.29 is 14.3 Å². The molecule has 2 aromatic rings. The molecule has 1 heterocycles. The number of nitrogens with one attached hydrogen (secondary N) is 1.